The van der Waals surface area contributed by atoms with Crippen LogP contribution in [0.1, 0.15) is 0 Å². The zero-order chi connectivity index (χ0) is 43.1. The van der Waals surface area contributed by atoms with E-state index in [0.29, 0.717) is 0 Å². The molecule has 10 aromatic carbocycles. The van der Waals surface area contributed by atoms with Gasteiger partial charge in [-0.2, -0.15) is 0 Å². The Labute approximate surface area is 379 Å². The lowest BCUT2D eigenvalue weighted by Gasteiger charge is -2.25. The van der Waals surface area contributed by atoms with Gasteiger partial charge in [-0.15, -0.1) is 0 Å². The van der Waals surface area contributed by atoms with Crippen LogP contribution in [0.4, 0.5) is 17.1 Å². The number of rotatable bonds is 9. The van der Waals surface area contributed by atoms with Gasteiger partial charge in [0, 0.05) is 39.2 Å². The van der Waals surface area contributed by atoms with E-state index in [1.54, 1.807) is 0 Å². The topological polar surface area (TPSA) is 13.1 Å². The van der Waals surface area contributed by atoms with Gasteiger partial charge in [-0.1, -0.05) is 176 Å². The number of para-hydroxylation sites is 3. The van der Waals surface area contributed by atoms with E-state index in [9.17, 15) is 0 Å². The lowest BCUT2D eigenvalue weighted by molar-refractivity contribution is 1.17. The standard InChI is InChI=1S/C62H43N3/c1-5-17-44(18-6-1)48-21-15-23-50(41-48)46-31-35-54(36-32-46)64-59-30-14-13-29-57(59)61-62(64)58-43-56(63(52-25-9-3-10-26-52)53-27-11-4-12-28-53)39-40-60(58)65(61)55-37-33-47(34-38-55)51-24-16-22-49(42-51)45-19-7-2-8-20-45/h1-43H. The van der Waals surface area contributed by atoms with Gasteiger partial charge in [0.2, 0.25) is 0 Å². The van der Waals surface area contributed by atoms with E-state index in [1.165, 1.54) is 66.3 Å². The first-order valence-electron chi connectivity index (χ1n) is 22.3. The average molecular weight is 830 g/mol. The minimum Gasteiger partial charge on any atom is -0.310 e. The van der Waals surface area contributed by atoms with Crippen LogP contribution in [0.15, 0.2) is 261 Å². The fraction of sp³-hybridized carbons (Fsp3) is 0. The summed E-state index contributed by atoms with van der Waals surface area (Å²) in [6.45, 7) is 0. The molecule has 3 heteroatoms. The minimum absolute atomic E-state index is 1.09. The summed E-state index contributed by atoms with van der Waals surface area (Å²) in [5, 5.41) is 2.37. The van der Waals surface area contributed by atoms with Gasteiger partial charge >= 0.3 is 0 Å². The highest BCUT2D eigenvalue weighted by molar-refractivity contribution is 6.20. The van der Waals surface area contributed by atoms with Crippen molar-refractivity contribution in [3.05, 3.63) is 261 Å². The summed E-state index contributed by atoms with van der Waals surface area (Å²) in [5.74, 6) is 0. The van der Waals surface area contributed by atoms with E-state index in [0.717, 1.165) is 39.5 Å². The van der Waals surface area contributed by atoms with Crippen LogP contribution in [0.5, 0.6) is 0 Å². The maximum absolute atomic E-state index is 2.47. The largest absolute Gasteiger partial charge is 0.310 e. The van der Waals surface area contributed by atoms with Crippen molar-refractivity contribution in [2.75, 3.05) is 4.90 Å². The summed E-state index contributed by atoms with van der Waals surface area (Å²) in [6, 6.07) is 94.2. The molecule has 0 atom stereocenters. The van der Waals surface area contributed by atoms with Crippen LogP contribution in [0.3, 0.4) is 0 Å². The molecule has 0 bridgehead atoms. The van der Waals surface area contributed by atoms with Gasteiger partial charge in [0.15, 0.2) is 0 Å². The molecule has 0 aliphatic carbocycles. The Bertz CT molecular complexity index is 3440. The molecular formula is C62H43N3. The molecule has 12 aromatic rings. The zero-order valence-corrected chi connectivity index (χ0v) is 35.7. The maximum Gasteiger partial charge on any atom is 0.0804 e. The van der Waals surface area contributed by atoms with Crippen LogP contribution in [0.2, 0.25) is 0 Å². The molecule has 0 N–H and O–H groups in total. The molecule has 0 saturated heterocycles. The summed E-state index contributed by atoms with van der Waals surface area (Å²) in [7, 11) is 0. The Balaban J connectivity index is 1.05. The first-order chi connectivity index (χ1) is 32.2. The highest BCUT2D eigenvalue weighted by atomic mass is 15.1. The molecule has 0 saturated carbocycles. The second-order valence-electron chi connectivity index (χ2n) is 16.6. The van der Waals surface area contributed by atoms with Crippen LogP contribution >= 0.6 is 0 Å². The molecule has 0 spiro atoms. The molecule has 3 nitrogen and oxygen atoms in total. The molecule has 65 heavy (non-hydrogen) atoms. The van der Waals surface area contributed by atoms with Gasteiger partial charge in [0.25, 0.3) is 0 Å². The zero-order valence-electron chi connectivity index (χ0n) is 35.7. The Kier molecular flexibility index (Phi) is 9.50. The van der Waals surface area contributed by atoms with Crippen LogP contribution in [-0.2, 0) is 0 Å². The Morgan fingerprint density at radius 3 is 1.08 bits per heavy atom. The molecule has 0 radical (unpaired) electrons. The fourth-order valence-corrected chi connectivity index (χ4v) is 9.63. The lowest BCUT2D eigenvalue weighted by Crippen LogP contribution is -2.09. The normalized spacial score (nSPS) is 11.4. The first-order valence-corrected chi connectivity index (χ1v) is 22.3. The predicted octanol–water partition coefficient (Wildman–Crippen LogP) is 16.9. The van der Waals surface area contributed by atoms with E-state index < -0.39 is 0 Å². The van der Waals surface area contributed by atoms with Crippen molar-refractivity contribution in [2.45, 2.75) is 0 Å². The molecule has 12 rings (SSSR count). The SMILES string of the molecule is c1ccc(-c2cccc(-c3ccc(-n4c5ccc(N(c6ccccc6)c6ccccc6)cc5c5c4c4ccccc4n5-c4ccc(-c5cccc(-c6ccccc6)c5)cc4)cc3)c2)cc1. The van der Waals surface area contributed by atoms with Crippen molar-refractivity contribution in [3.63, 3.8) is 0 Å². The number of hydrogen-bond donors (Lipinski definition) is 0. The molecule has 0 aliphatic heterocycles. The first kappa shape index (κ1) is 38.0. The van der Waals surface area contributed by atoms with E-state index in [2.05, 4.69) is 275 Å². The maximum atomic E-state index is 2.47. The van der Waals surface area contributed by atoms with Gasteiger partial charge in [-0.25, -0.2) is 0 Å². The second kappa shape index (κ2) is 16.2. The fourth-order valence-electron chi connectivity index (χ4n) is 9.63. The van der Waals surface area contributed by atoms with E-state index >= 15 is 0 Å². The summed E-state index contributed by atoms with van der Waals surface area (Å²) >= 11 is 0. The monoisotopic (exact) mass is 829 g/mol. The summed E-state index contributed by atoms with van der Waals surface area (Å²) in [4.78, 5) is 2.35. The van der Waals surface area contributed by atoms with Crippen LogP contribution < -0.4 is 4.90 Å². The van der Waals surface area contributed by atoms with Crippen molar-refractivity contribution >= 4 is 49.9 Å². The Hall–Kier alpha value is -8.66. The summed E-state index contributed by atoms with van der Waals surface area (Å²) < 4.78 is 4.94. The van der Waals surface area contributed by atoms with Crippen molar-refractivity contribution in [1.82, 2.24) is 9.13 Å². The second-order valence-corrected chi connectivity index (χ2v) is 16.6. The highest BCUT2D eigenvalue weighted by Crippen LogP contribution is 2.44. The number of aromatic nitrogens is 2. The Morgan fingerprint density at radius 1 is 0.231 bits per heavy atom. The third-order valence-corrected chi connectivity index (χ3v) is 12.7. The summed E-state index contributed by atoms with van der Waals surface area (Å²) in [5.41, 5.74) is 19.8. The van der Waals surface area contributed by atoms with Gasteiger partial charge < -0.3 is 14.0 Å². The molecular weight excluding hydrogens is 787 g/mol. The van der Waals surface area contributed by atoms with Crippen molar-refractivity contribution in [2.24, 2.45) is 0 Å². The smallest absolute Gasteiger partial charge is 0.0804 e. The average Bonchev–Trinajstić information content (AvgIpc) is 3.90. The predicted molar refractivity (Wildman–Crippen MR) is 274 cm³/mol. The van der Waals surface area contributed by atoms with Crippen molar-refractivity contribution < 1.29 is 0 Å². The van der Waals surface area contributed by atoms with Crippen molar-refractivity contribution in [3.8, 4) is 55.9 Å². The summed E-state index contributed by atoms with van der Waals surface area (Å²) in [6.07, 6.45) is 0. The van der Waals surface area contributed by atoms with Gasteiger partial charge in [0.1, 0.15) is 0 Å². The van der Waals surface area contributed by atoms with Crippen LogP contribution in [0, 0.1) is 0 Å². The minimum atomic E-state index is 1.09. The van der Waals surface area contributed by atoms with Gasteiger partial charge in [-0.05, 0) is 129 Å². The van der Waals surface area contributed by atoms with E-state index in [-0.39, 0.29) is 0 Å². The number of benzene rings is 10. The van der Waals surface area contributed by atoms with E-state index in [4.69, 9.17) is 0 Å². The van der Waals surface area contributed by atoms with Gasteiger partial charge in [-0.3, -0.25) is 0 Å². The number of nitrogens with zero attached hydrogens (tertiary/aromatic N) is 3. The number of hydrogen-bond acceptors (Lipinski definition) is 1. The molecule has 0 fully saturated rings. The quantitative estimate of drug-likeness (QED) is 0.141. The van der Waals surface area contributed by atoms with Crippen LogP contribution in [0.25, 0.3) is 88.7 Å². The molecule has 2 heterocycles. The van der Waals surface area contributed by atoms with E-state index in [1.807, 2.05) is 0 Å². The lowest BCUT2D eigenvalue weighted by atomic mass is 9.99. The Morgan fingerprint density at radius 2 is 0.600 bits per heavy atom. The molecule has 306 valence electrons. The molecule has 0 unspecified atom stereocenters. The third-order valence-electron chi connectivity index (χ3n) is 12.7. The molecule has 0 aliphatic rings. The highest BCUT2D eigenvalue weighted by Gasteiger charge is 2.24. The van der Waals surface area contributed by atoms with Crippen molar-refractivity contribution in [1.29, 1.82) is 0 Å². The number of anilines is 3. The molecule has 0 amide bonds. The third kappa shape index (κ3) is 6.87. The molecule has 2 aromatic heterocycles. The number of fused-ring (bicyclic) bond motifs is 5. The van der Waals surface area contributed by atoms with Crippen LogP contribution in [-0.4, -0.2) is 9.13 Å². The van der Waals surface area contributed by atoms with Gasteiger partial charge in [0.05, 0.1) is 22.1 Å².